The number of ether oxygens (including phenoxy) is 1. The average Bonchev–Trinajstić information content (AvgIpc) is 2.79. The Kier molecular flexibility index (Phi) is 2.88. The Bertz CT molecular complexity index is 412. The predicted octanol–water partition coefficient (Wildman–Crippen LogP) is 2.30. The zero-order valence-corrected chi connectivity index (χ0v) is 8.43. The van der Waals surface area contributed by atoms with Gasteiger partial charge in [-0.1, -0.05) is 0 Å². The van der Waals surface area contributed by atoms with Crippen LogP contribution in [0.4, 0.5) is 5.69 Å². The van der Waals surface area contributed by atoms with Crippen molar-refractivity contribution in [1.82, 2.24) is 4.98 Å². The molecule has 2 aromatic rings. The average molecular weight is 204 g/mol. The first-order valence-electron chi connectivity index (χ1n) is 4.64. The second-order valence-electron chi connectivity index (χ2n) is 3.05. The highest BCUT2D eigenvalue weighted by Crippen LogP contribution is 2.20. The minimum Gasteiger partial charge on any atom is -0.480 e. The summed E-state index contributed by atoms with van der Waals surface area (Å²) in [4.78, 5) is 4.09. The number of pyridine rings is 1. The molecule has 4 heteroatoms. The van der Waals surface area contributed by atoms with Crippen molar-refractivity contribution in [3.63, 3.8) is 0 Å². The molecular formula is C11H12N2O2. The summed E-state index contributed by atoms with van der Waals surface area (Å²) in [6.07, 6.45) is 5.05. The van der Waals surface area contributed by atoms with Crippen LogP contribution >= 0.6 is 0 Å². The molecule has 0 saturated heterocycles. The van der Waals surface area contributed by atoms with E-state index in [0.717, 1.165) is 11.3 Å². The van der Waals surface area contributed by atoms with E-state index in [1.54, 1.807) is 25.8 Å². The van der Waals surface area contributed by atoms with Crippen LogP contribution in [0.15, 0.2) is 41.3 Å². The highest BCUT2D eigenvalue weighted by Gasteiger charge is 2.02. The summed E-state index contributed by atoms with van der Waals surface area (Å²) in [5.41, 5.74) is 1.96. The third-order valence-electron chi connectivity index (χ3n) is 2.03. The Balaban J connectivity index is 2.04. The van der Waals surface area contributed by atoms with Gasteiger partial charge in [0.15, 0.2) is 0 Å². The molecule has 15 heavy (non-hydrogen) atoms. The third kappa shape index (κ3) is 2.28. The van der Waals surface area contributed by atoms with Crippen LogP contribution in [0, 0.1) is 0 Å². The number of hydrogen-bond acceptors (Lipinski definition) is 4. The van der Waals surface area contributed by atoms with Crippen molar-refractivity contribution >= 4 is 5.69 Å². The summed E-state index contributed by atoms with van der Waals surface area (Å²) >= 11 is 0. The van der Waals surface area contributed by atoms with Crippen LogP contribution < -0.4 is 10.1 Å². The van der Waals surface area contributed by atoms with Gasteiger partial charge < -0.3 is 14.5 Å². The lowest BCUT2D eigenvalue weighted by molar-refractivity contribution is 0.399. The number of hydrogen-bond donors (Lipinski definition) is 1. The van der Waals surface area contributed by atoms with Crippen LogP contribution in [0.25, 0.3) is 0 Å². The van der Waals surface area contributed by atoms with Crippen LogP contribution in [0.2, 0.25) is 0 Å². The van der Waals surface area contributed by atoms with Crippen molar-refractivity contribution in [2.45, 2.75) is 6.54 Å². The second kappa shape index (κ2) is 4.50. The highest BCUT2D eigenvalue weighted by atomic mass is 16.5. The first kappa shape index (κ1) is 9.58. The Morgan fingerprint density at radius 2 is 2.40 bits per heavy atom. The molecule has 4 nitrogen and oxygen atoms in total. The molecule has 78 valence electrons. The molecule has 0 unspecified atom stereocenters. The summed E-state index contributed by atoms with van der Waals surface area (Å²) in [5.74, 6) is 0.598. The molecule has 0 atom stereocenters. The number of nitrogens with one attached hydrogen (secondary N) is 1. The van der Waals surface area contributed by atoms with Crippen LogP contribution in [0.5, 0.6) is 5.88 Å². The van der Waals surface area contributed by atoms with E-state index in [2.05, 4.69) is 10.3 Å². The smallest absolute Gasteiger partial charge is 0.237 e. The monoisotopic (exact) mass is 204 g/mol. The van der Waals surface area contributed by atoms with Gasteiger partial charge in [-0.2, -0.15) is 0 Å². The topological polar surface area (TPSA) is 47.3 Å². The number of furan rings is 1. The SMILES string of the molecule is COc1ncccc1NCc1ccoc1. The summed E-state index contributed by atoms with van der Waals surface area (Å²) in [6, 6.07) is 5.70. The third-order valence-corrected chi connectivity index (χ3v) is 2.03. The van der Waals surface area contributed by atoms with Crippen LogP contribution in [0.3, 0.4) is 0 Å². The van der Waals surface area contributed by atoms with Gasteiger partial charge in [-0.3, -0.25) is 0 Å². The van der Waals surface area contributed by atoms with E-state index in [4.69, 9.17) is 9.15 Å². The van der Waals surface area contributed by atoms with E-state index in [0.29, 0.717) is 12.4 Å². The first-order valence-corrected chi connectivity index (χ1v) is 4.64. The molecule has 2 aromatic heterocycles. The first-order chi connectivity index (χ1) is 7.40. The molecule has 0 aliphatic heterocycles. The molecule has 0 radical (unpaired) electrons. The fourth-order valence-electron chi connectivity index (χ4n) is 1.28. The van der Waals surface area contributed by atoms with Gasteiger partial charge in [0.05, 0.1) is 25.3 Å². The van der Waals surface area contributed by atoms with Crippen molar-refractivity contribution in [2.75, 3.05) is 12.4 Å². The van der Waals surface area contributed by atoms with Crippen molar-refractivity contribution in [3.8, 4) is 5.88 Å². The Labute approximate surface area is 87.9 Å². The molecular weight excluding hydrogens is 192 g/mol. The van der Waals surface area contributed by atoms with Gasteiger partial charge in [0.1, 0.15) is 0 Å². The molecule has 0 aliphatic rings. The fraction of sp³-hybridized carbons (Fsp3) is 0.182. The van der Waals surface area contributed by atoms with Gasteiger partial charge in [-0.05, 0) is 18.2 Å². The molecule has 2 rings (SSSR count). The molecule has 0 fully saturated rings. The summed E-state index contributed by atoms with van der Waals surface area (Å²) < 4.78 is 10.1. The minimum atomic E-state index is 0.598. The van der Waals surface area contributed by atoms with E-state index >= 15 is 0 Å². The molecule has 0 bridgehead atoms. The molecule has 1 N–H and O–H groups in total. The van der Waals surface area contributed by atoms with Gasteiger partial charge >= 0.3 is 0 Å². The summed E-state index contributed by atoms with van der Waals surface area (Å²) in [5, 5.41) is 3.22. The quantitative estimate of drug-likeness (QED) is 0.830. The number of methoxy groups -OCH3 is 1. The molecule has 0 aliphatic carbocycles. The van der Waals surface area contributed by atoms with E-state index < -0.39 is 0 Å². The number of aromatic nitrogens is 1. The van der Waals surface area contributed by atoms with Gasteiger partial charge in [0, 0.05) is 18.3 Å². The van der Waals surface area contributed by atoms with Crippen molar-refractivity contribution < 1.29 is 9.15 Å². The van der Waals surface area contributed by atoms with Crippen LogP contribution in [-0.4, -0.2) is 12.1 Å². The number of rotatable bonds is 4. The maximum Gasteiger partial charge on any atom is 0.237 e. The van der Waals surface area contributed by atoms with Gasteiger partial charge in [-0.15, -0.1) is 0 Å². The second-order valence-corrected chi connectivity index (χ2v) is 3.05. The van der Waals surface area contributed by atoms with E-state index in [1.165, 1.54) is 0 Å². The molecule has 0 saturated carbocycles. The number of anilines is 1. The van der Waals surface area contributed by atoms with Crippen LogP contribution in [-0.2, 0) is 6.54 Å². The minimum absolute atomic E-state index is 0.598. The number of nitrogens with zero attached hydrogens (tertiary/aromatic N) is 1. The Morgan fingerprint density at radius 3 is 3.13 bits per heavy atom. The molecule has 0 aromatic carbocycles. The van der Waals surface area contributed by atoms with E-state index in [1.807, 2.05) is 18.2 Å². The molecule has 0 spiro atoms. The standard InChI is InChI=1S/C11H12N2O2/c1-14-11-10(3-2-5-12-11)13-7-9-4-6-15-8-9/h2-6,8,13H,7H2,1H3. The van der Waals surface area contributed by atoms with E-state index in [-0.39, 0.29) is 0 Å². The summed E-state index contributed by atoms with van der Waals surface area (Å²) in [7, 11) is 1.60. The molecule has 2 heterocycles. The van der Waals surface area contributed by atoms with Gasteiger partial charge in [0.2, 0.25) is 5.88 Å². The van der Waals surface area contributed by atoms with Crippen molar-refractivity contribution in [2.24, 2.45) is 0 Å². The maximum atomic E-state index is 5.12. The normalized spacial score (nSPS) is 9.93. The highest BCUT2D eigenvalue weighted by molar-refractivity contribution is 5.52. The van der Waals surface area contributed by atoms with E-state index in [9.17, 15) is 0 Å². The lowest BCUT2D eigenvalue weighted by Crippen LogP contribution is -2.01. The lowest BCUT2D eigenvalue weighted by Gasteiger charge is -2.08. The maximum absolute atomic E-state index is 5.12. The zero-order valence-electron chi connectivity index (χ0n) is 8.43. The Hall–Kier alpha value is -1.97. The predicted molar refractivity (Wildman–Crippen MR) is 56.8 cm³/mol. The van der Waals surface area contributed by atoms with Gasteiger partial charge in [0.25, 0.3) is 0 Å². The van der Waals surface area contributed by atoms with Crippen LogP contribution in [0.1, 0.15) is 5.56 Å². The van der Waals surface area contributed by atoms with Gasteiger partial charge in [-0.25, -0.2) is 4.98 Å². The summed E-state index contributed by atoms with van der Waals surface area (Å²) in [6.45, 7) is 0.693. The largest absolute Gasteiger partial charge is 0.480 e. The van der Waals surface area contributed by atoms with Crippen molar-refractivity contribution in [3.05, 3.63) is 42.5 Å². The zero-order chi connectivity index (χ0) is 10.5. The fourth-order valence-corrected chi connectivity index (χ4v) is 1.28. The lowest BCUT2D eigenvalue weighted by atomic mass is 10.3. The Morgan fingerprint density at radius 1 is 1.47 bits per heavy atom. The van der Waals surface area contributed by atoms with Crippen molar-refractivity contribution in [1.29, 1.82) is 0 Å². The molecule has 0 amide bonds.